The number of halogens is 4. The molecule has 2 atom stereocenters. The number of ether oxygens (including phenoxy) is 2. The van der Waals surface area contributed by atoms with Crippen LogP contribution in [0.1, 0.15) is 18.6 Å². The average molecular weight is 292 g/mol. The van der Waals surface area contributed by atoms with E-state index in [9.17, 15) is 22.4 Å². The van der Waals surface area contributed by atoms with Crippen molar-refractivity contribution in [3.8, 4) is 0 Å². The molecule has 1 aliphatic heterocycles. The summed E-state index contributed by atoms with van der Waals surface area (Å²) in [7, 11) is 0. The van der Waals surface area contributed by atoms with Crippen molar-refractivity contribution in [1.29, 1.82) is 0 Å². The molecular formula is C13H12F4O3. The van der Waals surface area contributed by atoms with Gasteiger partial charge in [-0.25, -0.2) is 0 Å². The molecule has 20 heavy (non-hydrogen) atoms. The van der Waals surface area contributed by atoms with Crippen molar-refractivity contribution < 1.29 is 31.8 Å². The lowest BCUT2D eigenvalue weighted by Gasteiger charge is -2.23. The van der Waals surface area contributed by atoms with Gasteiger partial charge in [-0.3, -0.25) is 4.79 Å². The Morgan fingerprint density at radius 2 is 1.80 bits per heavy atom. The standard InChI is InChI=1S/C13H12F4O3/c1-8(18)19-7-10-12(14,15)13(16,17)11(20-10)9-5-3-2-4-6-9/h2-6,10-11H,7H2,1H3/t10-,11+/m1/s1. The molecule has 2 rings (SSSR count). The summed E-state index contributed by atoms with van der Waals surface area (Å²) in [5, 5.41) is 0. The molecule has 1 fully saturated rings. The maximum atomic E-state index is 13.8. The van der Waals surface area contributed by atoms with Gasteiger partial charge in [-0.1, -0.05) is 30.3 Å². The molecule has 0 N–H and O–H groups in total. The van der Waals surface area contributed by atoms with Gasteiger partial charge in [0.25, 0.3) is 0 Å². The van der Waals surface area contributed by atoms with E-state index in [0.29, 0.717) is 0 Å². The van der Waals surface area contributed by atoms with Crippen molar-refractivity contribution >= 4 is 5.97 Å². The van der Waals surface area contributed by atoms with Crippen molar-refractivity contribution in [2.45, 2.75) is 31.0 Å². The number of carbonyl (C=O) groups is 1. The van der Waals surface area contributed by atoms with Gasteiger partial charge in [0.15, 0.2) is 12.2 Å². The van der Waals surface area contributed by atoms with Gasteiger partial charge in [0.1, 0.15) is 6.61 Å². The number of esters is 1. The van der Waals surface area contributed by atoms with Gasteiger partial charge in [0, 0.05) is 6.92 Å². The third-order valence-electron chi connectivity index (χ3n) is 3.02. The molecular weight excluding hydrogens is 280 g/mol. The molecule has 0 saturated carbocycles. The Kier molecular flexibility index (Phi) is 3.73. The molecule has 110 valence electrons. The van der Waals surface area contributed by atoms with Crippen LogP contribution in [0.25, 0.3) is 0 Å². The number of carbonyl (C=O) groups excluding carboxylic acids is 1. The molecule has 0 radical (unpaired) electrons. The van der Waals surface area contributed by atoms with Crippen molar-refractivity contribution in [1.82, 2.24) is 0 Å². The Morgan fingerprint density at radius 1 is 1.20 bits per heavy atom. The second-order valence-corrected chi connectivity index (χ2v) is 4.46. The van der Waals surface area contributed by atoms with Crippen LogP contribution in [0.15, 0.2) is 30.3 Å². The lowest BCUT2D eigenvalue weighted by atomic mass is 10.00. The average Bonchev–Trinajstić information content (AvgIpc) is 2.55. The maximum absolute atomic E-state index is 13.8. The van der Waals surface area contributed by atoms with Crippen LogP contribution in [0.4, 0.5) is 17.6 Å². The first-order valence-electron chi connectivity index (χ1n) is 5.86. The Morgan fingerprint density at radius 3 is 2.35 bits per heavy atom. The summed E-state index contributed by atoms with van der Waals surface area (Å²) in [6.07, 6.45) is -4.24. The zero-order valence-electron chi connectivity index (χ0n) is 10.5. The van der Waals surface area contributed by atoms with Crippen molar-refractivity contribution in [2.24, 2.45) is 0 Å². The molecule has 0 aromatic heterocycles. The van der Waals surface area contributed by atoms with Gasteiger partial charge in [-0.15, -0.1) is 0 Å². The van der Waals surface area contributed by atoms with E-state index in [1.807, 2.05) is 0 Å². The predicted octanol–water partition coefficient (Wildman–Crippen LogP) is 2.96. The van der Waals surface area contributed by atoms with E-state index in [0.717, 1.165) is 6.92 Å². The minimum Gasteiger partial charge on any atom is -0.463 e. The molecule has 0 amide bonds. The van der Waals surface area contributed by atoms with E-state index in [-0.39, 0.29) is 5.56 Å². The van der Waals surface area contributed by atoms with Gasteiger partial charge in [0.2, 0.25) is 0 Å². The first-order chi connectivity index (χ1) is 9.26. The monoisotopic (exact) mass is 292 g/mol. The summed E-state index contributed by atoms with van der Waals surface area (Å²) in [4.78, 5) is 10.6. The van der Waals surface area contributed by atoms with Crippen molar-refractivity contribution in [3.05, 3.63) is 35.9 Å². The predicted molar refractivity (Wildman–Crippen MR) is 60.6 cm³/mol. The molecule has 1 heterocycles. The highest BCUT2D eigenvalue weighted by molar-refractivity contribution is 5.65. The summed E-state index contributed by atoms with van der Waals surface area (Å²) in [5.41, 5.74) is -0.0532. The number of hydrogen-bond donors (Lipinski definition) is 0. The Bertz CT molecular complexity index is 490. The third-order valence-corrected chi connectivity index (χ3v) is 3.02. The van der Waals surface area contributed by atoms with Gasteiger partial charge >= 0.3 is 17.8 Å². The molecule has 0 spiro atoms. The first-order valence-corrected chi connectivity index (χ1v) is 5.86. The molecule has 0 aliphatic carbocycles. The largest absolute Gasteiger partial charge is 0.463 e. The fraction of sp³-hybridized carbons (Fsp3) is 0.462. The summed E-state index contributed by atoms with van der Waals surface area (Å²) in [5.74, 6) is -9.63. The summed E-state index contributed by atoms with van der Waals surface area (Å²) < 4.78 is 64.2. The van der Waals surface area contributed by atoms with Gasteiger partial charge in [0.05, 0.1) is 0 Å². The van der Waals surface area contributed by atoms with Crippen LogP contribution >= 0.6 is 0 Å². The van der Waals surface area contributed by atoms with Crippen LogP contribution in [0, 0.1) is 0 Å². The van der Waals surface area contributed by atoms with E-state index < -0.39 is 36.6 Å². The summed E-state index contributed by atoms with van der Waals surface area (Å²) in [6, 6.07) is 7.04. The number of rotatable bonds is 3. The molecule has 1 aliphatic rings. The number of benzene rings is 1. The summed E-state index contributed by atoms with van der Waals surface area (Å²) >= 11 is 0. The van der Waals surface area contributed by atoms with E-state index in [2.05, 4.69) is 4.74 Å². The SMILES string of the molecule is CC(=O)OC[C@H]1O[C@@H](c2ccccc2)C(F)(F)C1(F)F. The first kappa shape index (κ1) is 14.8. The van der Waals surface area contributed by atoms with Gasteiger partial charge < -0.3 is 9.47 Å². The van der Waals surface area contributed by atoms with Crippen LogP contribution in [0.2, 0.25) is 0 Å². The Hall–Kier alpha value is -1.63. The maximum Gasteiger partial charge on any atom is 0.342 e. The molecule has 1 saturated heterocycles. The normalized spacial score (nSPS) is 27.2. The summed E-state index contributed by atoms with van der Waals surface area (Å²) in [6.45, 7) is 0.0845. The minimum atomic E-state index is -4.41. The zero-order chi connectivity index (χ0) is 15.0. The third kappa shape index (κ3) is 2.37. The molecule has 1 aromatic carbocycles. The van der Waals surface area contributed by atoms with Crippen LogP contribution in [0.5, 0.6) is 0 Å². The fourth-order valence-electron chi connectivity index (χ4n) is 1.98. The minimum absolute atomic E-state index is 0.0532. The fourth-order valence-corrected chi connectivity index (χ4v) is 1.98. The topological polar surface area (TPSA) is 35.5 Å². The number of hydrogen-bond acceptors (Lipinski definition) is 3. The lowest BCUT2D eigenvalue weighted by molar-refractivity contribution is -0.203. The quantitative estimate of drug-likeness (QED) is 0.634. The van der Waals surface area contributed by atoms with Crippen molar-refractivity contribution in [2.75, 3.05) is 6.61 Å². The molecule has 7 heteroatoms. The van der Waals surface area contributed by atoms with Crippen molar-refractivity contribution in [3.63, 3.8) is 0 Å². The second kappa shape index (κ2) is 5.05. The van der Waals surface area contributed by atoms with E-state index in [1.165, 1.54) is 24.3 Å². The molecule has 0 unspecified atom stereocenters. The van der Waals surface area contributed by atoms with Crippen LogP contribution < -0.4 is 0 Å². The van der Waals surface area contributed by atoms with Crippen LogP contribution in [0.3, 0.4) is 0 Å². The van der Waals surface area contributed by atoms with E-state index in [1.54, 1.807) is 6.07 Å². The zero-order valence-corrected chi connectivity index (χ0v) is 10.5. The second-order valence-electron chi connectivity index (χ2n) is 4.46. The highest BCUT2D eigenvalue weighted by atomic mass is 19.3. The van der Waals surface area contributed by atoms with E-state index in [4.69, 9.17) is 4.74 Å². The Labute approximate surface area is 112 Å². The Balaban J connectivity index is 2.26. The molecule has 0 bridgehead atoms. The number of alkyl halides is 4. The van der Waals surface area contributed by atoms with Crippen LogP contribution in [-0.4, -0.2) is 30.5 Å². The highest BCUT2D eigenvalue weighted by Gasteiger charge is 2.72. The van der Waals surface area contributed by atoms with Gasteiger partial charge in [-0.2, -0.15) is 17.6 Å². The van der Waals surface area contributed by atoms with Crippen LogP contribution in [-0.2, 0) is 14.3 Å². The van der Waals surface area contributed by atoms with Gasteiger partial charge in [-0.05, 0) is 5.56 Å². The van der Waals surface area contributed by atoms with E-state index >= 15 is 0 Å². The molecule has 3 nitrogen and oxygen atoms in total. The lowest BCUT2D eigenvalue weighted by Crippen LogP contribution is -2.46. The highest BCUT2D eigenvalue weighted by Crippen LogP contribution is 2.54. The smallest absolute Gasteiger partial charge is 0.342 e. The molecule has 1 aromatic rings.